The van der Waals surface area contributed by atoms with Gasteiger partial charge >= 0.3 is 5.97 Å². The van der Waals surface area contributed by atoms with Crippen molar-refractivity contribution in [2.75, 3.05) is 13.2 Å². The highest BCUT2D eigenvalue weighted by molar-refractivity contribution is 5.96. The van der Waals surface area contributed by atoms with Gasteiger partial charge in [0.05, 0.1) is 6.61 Å². The molecular formula is C23H21NO3. The third kappa shape index (κ3) is 5.54. The summed E-state index contributed by atoms with van der Waals surface area (Å²) in [7, 11) is 0. The summed E-state index contributed by atoms with van der Waals surface area (Å²) in [5.74, 6) is -0.741. The molecule has 0 spiro atoms. The predicted molar refractivity (Wildman–Crippen MR) is 105 cm³/mol. The molecule has 0 bridgehead atoms. The maximum Gasteiger partial charge on any atom is 0.325 e. The quantitative estimate of drug-likeness (QED) is 0.652. The van der Waals surface area contributed by atoms with Crippen molar-refractivity contribution in [2.24, 2.45) is 0 Å². The molecule has 0 atom stereocenters. The molecule has 0 fully saturated rings. The molecule has 4 nitrogen and oxygen atoms in total. The summed E-state index contributed by atoms with van der Waals surface area (Å²) in [5.41, 5.74) is 3.73. The van der Waals surface area contributed by atoms with Crippen LogP contribution in [-0.4, -0.2) is 25.0 Å². The molecule has 0 saturated carbocycles. The fourth-order valence-electron chi connectivity index (χ4n) is 2.68. The van der Waals surface area contributed by atoms with Crippen molar-refractivity contribution in [1.29, 1.82) is 0 Å². The number of esters is 1. The van der Waals surface area contributed by atoms with Crippen molar-refractivity contribution in [3.63, 3.8) is 0 Å². The first-order valence-electron chi connectivity index (χ1n) is 8.85. The molecule has 4 heteroatoms. The summed E-state index contributed by atoms with van der Waals surface area (Å²) in [5, 5.41) is 2.59. The monoisotopic (exact) mass is 359 g/mol. The fourth-order valence-corrected chi connectivity index (χ4v) is 2.68. The Hall–Kier alpha value is -3.40. The van der Waals surface area contributed by atoms with Gasteiger partial charge in [0, 0.05) is 12.0 Å². The van der Waals surface area contributed by atoms with Crippen LogP contribution in [0.15, 0.2) is 84.9 Å². The number of ether oxygens (including phenoxy) is 1. The highest BCUT2D eigenvalue weighted by Gasteiger charge is 2.09. The predicted octanol–water partition coefficient (Wildman–Crippen LogP) is 3.87. The number of carbonyl (C=O) groups excluding carboxylic acids is 2. The number of benzene rings is 3. The molecule has 1 amide bonds. The SMILES string of the molecule is O=C(CNC(=O)c1ccc(-c2ccccc2)cc1)OCCc1ccccc1. The fraction of sp³-hybridized carbons (Fsp3) is 0.130. The maximum atomic E-state index is 12.2. The minimum absolute atomic E-state index is 0.145. The molecule has 0 aliphatic rings. The normalized spacial score (nSPS) is 10.2. The van der Waals surface area contributed by atoms with Crippen molar-refractivity contribution in [3.8, 4) is 11.1 Å². The summed E-state index contributed by atoms with van der Waals surface area (Å²) in [4.78, 5) is 23.9. The van der Waals surface area contributed by atoms with E-state index in [2.05, 4.69) is 5.32 Å². The first kappa shape index (κ1) is 18.4. The smallest absolute Gasteiger partial charge is 0.325 e. The zero-order valence-corrected chi connectivity index (χ0v) is 14.9. The minimum Gasteiger partial charge on any atom is -0.464 e. The summed E-state index contributed by atoms with van der Waals surface area (Å²) in [6, 6.07) is 27.0. The Morgan fingerprint density at radius 3 is 2.00 bits per heavy atom. The van der Waals surface area contributed by atoms with Gasteiger partial charge in [-0.05, 0) is 28.8 Å². The van der Waals surface area contributed by atoms with Crippen LogP contribution in [0.4, 0.5) is 0 Å². The second kappa shape index (κ2) is 9.34. The van der Waals surface area contributed by atoms with E-state index in [4.69, 9.17) is 4.74 Å². The summed E-state index contributed by atoms with van der Waals surface area (Å²) >= 11 is 0. The number of carbonyl (C=O) groups is 2. The average molecular weight is 359 g/mol. The molecule has 1 N–H and O–H groups in total. The van der Waals surface area contributed by atoms with Gasteiger partial charge in [0.2, 0.25) is 0 Å². The second-order valence-electron chi connectivity index (χ2n) is 6.08. The van der Waals surface area contributed by atoms with Crippen LogP contribution in [0.3, 0.4) is 0 Å². The van der Waals surface area contributed by atoms with Gasteiger partial charge in [0.1, 0.15) is 6.54 Å². The Labute approximate surface area is 158 Å². The van der Waals surface area contributed by atoms with E-state index in [9.17, 15) is 9.59 Å². The van der Waals surface area contributed by atoms with E-state index in [-0.39, 0.29) is 12.5 Å². The standard InChI is InChI=1S/C23H21NO3/c25-22(27-16-15-18-7-3-1-4-8-18)17-24-23(26)21-13-11-20(12-14-21)19-9-5-2-6-10-19/h1-14H,15-17H2,(H,24,26). The Morgan fingerprint density at radius 2 is 1.33 bits per heavy atom. The van der Waals surface area contributed by atoms with Crippen LogP contribution in [-0.2, 0) is 16.0 Å². The number of hydrogen-bond acceptors (Lipinski definition) is 3. The van der Waals surface area contributed by atoms with E-state index in [1.54, 1.807) is 12.1 Å². The molecule has 0 aromatic heterocycles. The van der Waals surface area contributed by atoms with Crippen LogP contribution in [0.1, 0.15) is 15.9 Å². The summed E-state index contributed by atoms with van der Waals surface area (Å²) < 4.78 is 5.16. The second-order valence-corrected chi connectivity index (χ2v) is 6.08. The van der Waals surface area contributed by atoms with Gasteiger partial charge in [-0.2, -0.15) is 0 Å². The minimum atomic E-state index is -0.444. The molecule has 0 saturated heterocycles. The number of nitrogens with one attached hydrogen (secondary N) is 1. The zero-order valence-electron chi connectivity index (χ0n) is 14.9. The van der Waals surface area contributed by atoms with Crippen LogP contribution in [0.25, 0.3) is 11.1 Å². The number of rotatable bonds is 7. The molecular weight excluding hydrogens is 338 g/mol. The first-order chi connectivity index (χ1) is 13.2. The van der Waals surface area contributed by atoms with Crippen LogP contribution >= 0.6 is 0 Å². The van der Waals surface area contributed by atoms with Gasteiger partial charge in [-0.15, -0.1) is 0 Å². The highest BCUT2D eigenvalue weighted by Crippen LogP contribution is 2.19. The topological polar surface area (TPSA) is 55.4 Å². The van der Waals surface area contributed by atoms with E-state index in [1.807, 2.05) is 72.8 Å². The van der Waals surface area contributed by atoms with E-state index in [1.165, 1.54) is 0 Å². The Morgan fingerprint density at radius 1 is 0.741 bits per heavy atom. The largest absolute Gasteiger partial charge is 0.464 e. The van der Waals surface area contributed by atoms with Crippen molar-refractivity contribution < 1.29 is 14.3 Å². The number of hydrogen-bond donors (Lipinski definition) is 1. The van der Waals surface area contributed by atoms with Crippen molar-refractivity contribution in [3.05, 3.63) is 96.1 Å². The van der Waals surface area contributed by atoms with Crippen LogP contribution in [0.2, 0.25) is 0 Å². The van der Waals surface area contributed by atoms with Crippen LogP contribution in [0, 0.1) is 0 Å². The summed E-state index contributed by atoms with van der Waals surface area (Å²) in [6.07, 6.45) is 0.654. The maximum absolute atomic E-state index is 12.2. The third-order valence-corrected chi connectivity index (χ3v) is 4.14. The van der Waals surface area contributed by atoms with E-state index >= 15 is 0 Å². The Balaban J connectivity index is 1.44. The molecule has 3 rings (SSSR count). The van der Waals surface area contributed by atoms with Crippen molar-refractivity contribution in [2.45, 2.75) is 6.42 Å². The van der Waals surface area contributed by atoms with Crippen molar-refractivity contribution in [1.82, 2.24) is 5.32 Å². The van der Waals surface area contributed by atoms with Gasteiger partial charge < -0.3 is 10.1 Å². The average Bonchev–Trinajstić information content (AvgIpc) is 2.73. The third-order valence-electron chi connectivity index (χ3n) is 4.14. The lowest BCUT2D eigenvalue weighted by molar-refractivity contribution is -0.142. The van der Waals surface area contributed by atoms with Crippen LogP contribution < -0.4 is 5.32 Å². The Bertz CT molecular complexity index is 875. The van der Waals surface area contributed by atoms with E-state index in [0.717, 1.165) is 16.7 Å². The van der Waals surface area contributed by atoms with Crippen molar-refractivity contribution >= 4 is 11.9 Å². The molecule has 0 aliphatic carbocycles. The molecule has 3 aromatic carbocycles. The molecule has 136 valence electrons. The molecule has 0 radical (unpaired) electrons. The summed E-state index contributed by atoms with van der Waals surface area (Å²) in [6.45, 7) is 0.151. The zero-order chi connectivity index (χ0) is 18.9. The molecule has 0 unspecified atom stereocenters. The highest BCUT2D eigenvalue weighted by atomic mass is 16.5. The van der Waals surface area contributed by atoms with Gasteiger partial charge in [-0.25, -0.2) is 0 Å². The first-order valence-corrected chi connectivity index (χ1v) is 8.85. The van der Waals surface area contributed by atoms with Gasteiger partial charge in [-0.1, -0.05) is 72.8 Å². The van der Waals surface area contributed by atoms with Crippen LogP contribution in [0.5, 0.6) is 0 Å². The molecule has 0 aliphatic heterocycles. The molecule has 27 heavy (non-hydrogen) atoms. The van der Waals surface area contributed by atoms with E-state index < -0.39 is 5.97 Å². The van der Waals surface area contributed by atoms with E-state index in [0.29, 0.717) is 18.6 Å². The van der Waals surface area contributed by atoms with Gasteiger partial charge in [0.25, 0.3) is 5.91 Å². The lowest BCUT2D eigenvalue weighted by Crippen LogP contribution is -2.30. The molecule has 0 heterocycles. The van der Waals surface area contributed by atoms with Gasteiger partial charge in [0.15, 0.2) is 0 Å². The Kier molecular flexibility index (Phi) is 6.36. The number of amides is 1. The lowest BCUT2D eigenvalue weighted by atomic mass is 10.0. The molecule has 3 aromatic rings. The lowest BCUT2D eigenvalue weighted by Gasteiger charge is -2.07. The van der Waals surface area contributed by atoms with Gasteiger partial charge in [-0.3, -0.25) is 9.59 Å².